The van der Waals surface area contributed by atoms with Gasteiger partial charge in [0, 0.05) is 13.1 Å². The molecule has 1 N–H and O–H groups in total. The quantitative estimate of drug-likeness (QED) is 0.881. The highest BCUT2D eigenvalue weighted by Gasteiger charge is 2.24. The third-order valence-electron chi connectivity index (χ3n) is 4.22. The van der Waals surface area contributed by atoms with Crippen LogP contribution in [0.4, 0.5) is 10.1 Å². The average molecular weight is 378 g/mol. The number of hydrogen-bond donors (Lipinski definition) is 1. The summed E-state index contributed by atoms with van der Waals surface area (Å²) < 4.78 is 41.9. The van der Waals surface area contributed by atoms with Crippen LogP contribution in [0.3, 0.4) is 0 Å². The van der Waals surface area contributed by atoms with Crippen LogP contribution >= 0.6 is 0 Å². The molecule has 0 unspecified atom stereocenters. The van der Waals surface area contributed by atoms with Gasteiger partial charge in [0.2, 0.25) is 0 Å². The number of anilines is 1. The van der Waals surface area contributed by atoms with E-state index in [0.717, 1.165) is 18.9 Å². The fourth-order valence-corrected chi connectivity index (χ4v) is 3.90. The maximum absolute atomic E-state index is 14.4. The summed E-state index contributed by atoms with van der Waals surface area (Å²) >= 11 is 0. The van der Waals surface area contributed by atoms with Gasteiger partial charge in [-0.3, -0.25) is 9.52 Å². The number of benzene rings is 1. The van der Waals surface area contributed by atoms with Crippen molar-refractivity contribution in [3.05, 3.63) is 47.0 Å². The van der Waals surface area contributed by atoms with Crippen molar-refractivity contribution in [2.75, 3.05) is 17.8 Å². The summed E-state index contributed by atoms with van der Waals surface area (Å²) in [7, 11) is -4.02. The van der Waals surface area contributed by atoms with E-state index in [4.69, 9.17) is 0 Å². The second kappa shape index (κ2) is 6.99. The molecule has 9 heteroatoms. The number of sulfonamides is 1. The fourth-order valence-electron chi connectivity index (χ4n) is 2.78. The number of rotatable bonds is 4. The van der Waals surface area contributed by atoms with Gasteiger partial charge in [-0.1, -0.05) is 0 Å². The summed E-state index contributed by atoms with van der Waals surface area (Å²) in [4.78, 5) is 13.6. The van der Waals surface area contributed by atoms with Gasteiger partial charge >= 0.3 is 0 Å². The molecule has 1 fully saturated rings. The molecule has 0 atom stereocenters. The zero-order chi connectivity index (χ0) is 18.9. The lowest BCUT2D eigenvalue weighted by atomic mass is 10.2. The molecule has 1 aromatic carbocycles. The van der Waals surface area contributed by atoms with Gasteiger partial charge in [-0.05, 0) is 51.0 Å². The number of amides is 1. The van der Waals surface area contributed by atoms with Crippen LogP contribution in [0.2, 0.25) is 0 Å². The van der Waals surface area contributed by atoms with Crippen LogP contribution in [0.5, 0.6) is 0 Å². The number of aromatic nitrogens is 2. The van der Waals surface area contributed by atoms with Gasteiger partial charge in [0.05, 0.1) is 27.5 Å². The van der Waals surface area contributed by atoms with Crippen LogP contribution < -0.4 is 4.72 Å². The molecule has 0 saturated carbocycles. The first-order valence-corrected chi connectivity index (χ1v) is 9.69. The van der Waals surface area contributed by atoms with E-state index < -0.39 is 21.7 Å². The van der Waals surface area contributed by atoms with E-state index in [2.05, 4.69) is 14.9 Å². The normalized spacial score (nSPS) is 14.5. The smallest absolute Gasteiger partial charge is 0.262 e. The maximum atomic E-state index is 14.4. The SMILES string of the molecule is Cc1cc(NS(=O)(=O)c2ccc(C(=O)N3CCCC3)c(F)c2)c(C)nn1. The summed E-state index contributed by atoms with van der Waals surface area (Å²) in [5, 5.41) is 7.69. The molecule has 1 aromatic heterocycles. The summed E-state index contributed by atoms with van der Waals surface area (Å²) in [5.74, 6) is -1.27. The number of halogens is 1. The molecule has 1 aliphatic rings. The third kappa shape index (κ3) is 3.67. The second-order valence-electron chi connectivity index (χ2n) is 6.23. The lowest BCUT2D eigenvalue weighted by Crippen LogP contribution is -2.28. The number of aryl methyl sites for hydroxylation is 2. The lowest BCUT2D eigenvalue weighted by molar-refractivity contribution is 0.0788. The highest BCUT2D eigenvalue weighted by molar-refractivity contribution is 7.92. The van der Waals surface area contributed by atoms with Gasteiger partial charge in [0.25, 0.3) is 15.9 Å². The van der Waals surface area contributed by atoms with Crippen molar-refractivity contribution in [2.24, 2.45) is 0 Å². The minimum absolute atomic E-state index is 0.122. The van der Waals surface area contributed by atoms with Crippen LogP contribution in [0.15, 0.2) is 29.2 Å². The molecule has 0 aliphatic carbocycles. The highest BCUT2D eigenvalue weighted by atomic mass is 32.2. The Hall–Kier alpha value is -2.55. The monoisotopic (exact) mass is 378 g/mol. The van der Waals surface area contributed by atoms with E-state index in [1.54, 1.807) is 24.8 Å². The number of nitrogens with zero attached hydrogens (tertiary/aromatic N) is 3. The van der Waals surface area contributed by atoms with Crippen molar-refractivity contribution in [1.82, 2.24) is 15.1 Å². The Morgan fingerprint density at radius 1 is 1.15 bits per heavy atom. The molecular formula is C17H19FN4O3S. The molecule has 1 saturated heterocycles. The first kappa shape index (κ1) is 18.2. The molecule has 26 heavy (non-hydrogen) atoms. The minimum Gasteiger partial charge on any atom is -0.339 e. The molecular weight excluding hydrogens is 359 g/mol. The van der Waals surface area contributed by atoms with Crippen LogP contribution in [0.25, 0.3) is 0 Å². The first-order valence-electron chi connectivity index (χ1n) is 8.20. The topological polar surface area (TPSA) is 92.3 Å². The molecule has 7 nitrogen and oxygen atoms in total. The van der Waals surface area contributed by atoms with Crippen molar-refractivity contribution in [3.8, 4) is 0 Å². The lowest BCUT2D eigenvalue weighted by Gasteiger charge is -2.16. The molecule has 0 radical (unpaired) electrons. The molecule has 1 amide bonds. The summed E-state index contributed by atoms with van der Waals surface area (Å²) in [6.07, 6.45) is 1.78. The number of hydrogen-bond acceptors (Lipinski definition) is 5. The van der Waals surface area contributed by atoms with Gasteiger partial charge < -0.3 is 4.90 Å². The van der Waals surface area contributed by atoms with Gasteiger partial charge in [0.15, 0.2) is 0 Å². The molecule has 2 heterocycles. The predicted octanol–water partition coefficient (Wildman–Crippen LogP) is 2.27. The van der Waals surface area contributed by atoms with Gasteiger partial charge in [-0.15, -0.1) is 0 Å². The van der Waals surface area contributed by atoms with E-state index in [1.807, 2.05) is 0 Å². The predicted molar refractivity (Wildman–Crippen MR) is 93.9 cm³/mol. The molecule has 1 aliphatic heterocycles. The third-order valence-corrected chi connectivity index (χ3v) is 5.58. The van der Waals surface area contributed by atoms with Crippen LogP contribution in [-0.4, -0.2) is 42.5 Å². The molecule has 138 valence electrons. The highest BCUT2D eigenvalue weighted by Crippen LogP contribution is 2.22. The molecule has 0 bridgehead atoms. The molecule has 3 rings (SSSR count). The average Bonchev–Trinajstić information content (AvgIpc) is 3.12. The number of likely N-dealkylation sites (tertiary alicyclic amines) is 1. The fraction of sp³-hybridized carbons (Fsp3) is 0.353. The van der Waals surface area contributed by atoms with E-state index in [1.165, 1.54) is 12.1 Å². The Labute approximate surface area is 151 Å². The Bertz CT molecular complexity index is 956. The van der Waals surface area contributed by atoms with E-state index in [0.29, 0.717) is 24.5 Å². The van der Waals surface area contributed by atoms with Crippen molar-refractivity contribution in [2.45, 2.75) is 31.6 Å². The zero-order valence-corrected chi connectivity index (χ0v) is 15.3. The van der Waals surface area contributed by atoms with Gasteiger partial charge in [0.1, 0.15) is 5.82 Å². The van der Waals surface area contributed by atoms with Gasteiger partial charge in [-0.25, -0.2) is 12.8 Å². The van der Waals surface area contributed by atoms with Crippen molar-refractivity contribution in [1.29, 1.82) is 0 Å². The Morgan fingerprint density at radius 2 is 1.85 bits per heavy atom. The maximum Gasteiger partial charge on any atom is 0.262 e. The Balaban J connectivity index is 1.87. The summed E-state index contributed by atoms with van der Waals surface area (Å²) in [5.41, 5.74) is 1.10. The van der Waals surface area contributed by atoms with Crippen molar-refractivity contribution >= 4 is 21.6 Å². The first-order chi connectivity index (χ1) is 12.3. The zero-order valence-electron chi connectivity index (χ0n) is 14.5. The van der Waals surface area contributed by atoms with Crippen LogP contribution in [0, 0.1) is 19.7 Å². The molecule has 2 aromatic rings. The second-order valence-corrected chi connectivity index (χ2v) is 7.91. The van der Waals surface area contributed by atoms with Crippen LogP contribution in [-0.2, 0) is 10.0 Å². The van der Waals surface area contributed by atoms with E-state index in [-0.39, 0.29) is 16.1 Å². The summed E-state index contributed by atoms with van der Waals surface area (Å²) in [6.45, 7) is 4.48. The Morgan fingerprint density at radius 3 is 2.50 bits per heavy atom. The molecule has 0 spiro atoms. The minimum atomic E-state index is -4.02. The van der Waals surface area contributed by atoms with E-state index in [9.17, 15) is 17.6 Å². The standard InChI is InChI=1S/C17H19FN4O3S/c1-11-9-16(12(2)20-19-11)21-26(24,25)13-5-6-14(15(18)10-13)17(23)22-7-3-4-8-22/h5-6,9-10H,3-4,7-8H2,1-2H3,(H,19,21). The van der Waals surface area contributed by atoms with Crippen molar-refractivity contribution < 1.29 is 17.6 Å². The van der Waals surface area contributed by atoms with Gasteiger partial charge in [-0.2, -0.15) is 10.2 Å². The number of carbonyl (C=O) groups is 1. The van der Waals surface area contributed by atoms with E-state index >= 15 is 0 Å². The number of nitrogens with one attached hydrogen (secondary N) is 1. The largest absolute Gasteiger partial charge is 0.339 e. The Kier molecular flexibility index (Phi) is 4.90. The van der Waals surface area contributed by atoms with Crippen molar-refractivity contribution in [3.63, 3.8) is 0 Å². The summed E-state index contributed by atoms with van der Waals surface area (Å²) in [6, 6.07) is 4.85. The number of carbonyl (C=O) groups excluding carboxylic acids is 1. The van der Waals surface area contributed by atoms with Crippen LogP contribution in [0.1, 0.15) is 34.6 Å².